The standard InChI is InChI=1S/C19H29N3O2S/c23-18(8-7-16-4-1-2-5-16)22-13-11-21(12-14-22)10-9-20-19(24)17-6-3-15-25-17/h3,6,15-16H,1-2,4-5,7-14H2,(H,20,24). The highest BCUT2D eigenvalue weighted by Crippen LogP contribution is 2.28. The minimum atomic E-state index is 0.00993. The molecule has 5 nitrogen and oxygen atoms in total. The van der Waals surface area contributed by atoms with Gasteiger partial charge in [0.05, 0.1) is 4.88 Å². The third-order valence-electron chi connectivity index (χ3n) is 5.42. The molecule has 1 aliphatic heterocycles. The summed E-state index contributed by atoms with van der Waals surface area (Å²) in [5.41, 5.74) is 0. The van der Waals surface area contributed by atoms with Gasteiger partial charge in [0, 0.05) is 45.7 Å². The fraction of sp³-hybridized carbons (Fsp3) is 0.684. The van der Waals surface area contributed by atoms with E-state index in [0.717, 1.165) is 56.4 Å². The highest BCUT2D eigenvalue weighted by atomic mass is 32.1. The van der Waals surface area contributed by atoms with Gasteiger partial charge in [0.25, 0.3) is 5.91 Å². The monoisotopic (exact) mass is 363 g/mol. The summed E-state index contributed by atoms with van der Waals surface area (Å²) >= 11 is 1.46. The molecular weight excluding hydrogens is 334 g/mol. The van der Waals surface area contributed by atoms with Crippen LogP contribution in [0.1, 0.15) is 48.2 Å². The van der Waals surface area contributed by atoms with Gasteiger partial charge in [0.15, 0.2) is 0 Å². The Morgan fingerprint density at radius 2 is 1.92 bits per heavy atom. The van der Waals surface area contributed by atoms with Crippen LogP contribution in [0.2, 0.25) is 0 Å². The van der Waals surface area contributed by atoms with Crippen LogP contribution >= 0.6 is 11.3 Å². The van der Waals surface area contributed by atoms with Crippen molar-refractivity contribution in [3.63, 3.8) is 0 Å². The quantitative estimate of drug-likeness (QED) is 0.810. The Morgan fingerprint density at radius 3 is 2.60 bits per heavy atom. The first-order valence-corrected chi connectivity index (χ1v) is 10.4. The summed E-state index contributed by atoms with van der Waals surface area (Å²) in [6, 6.07) is 3.73. The van der Waals surface area contributed by atoms with E-state index >= 15 is 0 Å². The molecular formula is C19H29N3O2S. The second kappa shape index (κ2) is 9.34. The van der Waals surface area contributed by atoms with Crippen molar-refractivity contribution in [1.29, 1.82) is 0 Å². The summed E-state index contributed by atoms with van der Waals surface area (Å²) in [4.78, 5) is 29.4. The molecule has 0 unspecified atom stereocenters. The second-order valence-corrected chi connectivity index (χ2v) is 8.09. The van der Waals surface area contributed by atoms with Crippen LogP contribution in [0.25, 0.3) is 0 Å². The molecule has 0 bridgehead atoms. The molecule has 2 heterocycles. The van der Waals surface area contributed by atoms with Crippen LogP contribution in [-0.2, 0) is 4.79 Å². The fourth-order valence-electron chi connectivity index (χ4n) is 3.83. The largest absolute Gasteiger partial charge is 0.350 e. The van der Waals surface area contributed by atoms with Gasteiger partial charge >= 0.3 is 0 Å². The van der Waals surface area contributed by atoms with Crippen molar-refractivity contribution in [3.8, 4) is 0 Å². The van der Waals surface area contributed by atoms with E-state index in [1.54, 1.807) is 0 Å². The van der Waals surface area contributed by atoms with Crippen LogP contribution in [0, 0.1) is 5.92 Å². The van der Waals surface area contributed by atoms with E-state index in [4.69, 9.17) is 0 Å². The Balaban J connectivity index is 1.29. The lowest BCUT2D eigenvalue weighted by atomic mass is 10.0. The lowest BCUT2D eigenvalue weighted by Gasteiger charge is -2.35. The van der Waals surface area contributed by atoms with Gasteiger partial charge in [0.1, 0.15) is 0 Å². The zero-order chi connectivity index (χ0) is 17.5. The molecule has 1 saturated heterocycles. The van der Waals surface area contributed by atoms with Crippen molar-refractivity contribution in [2.45, 2.75) is 38.5 Å². The summed E-state index contributed by atoms with van der Waals surface area (Å²) in [5, 5.41) is 4.88. The van der Waals surface area contributed by atoms with E-state index in [9.17, 15) is 9.59 Å². The van der Waals surface area contributed by atoms with Crippen molar-refractivity contribution in [1.82, 2.24) is 15.1 Å². The molecule has 2 aliphatic rings. The van der Waals surface area contributed by atoms with E-state index in [0.29, 0.717) is 12.5 Å². The summed E-state index contributed by atoms with van der Waals surface area (Å²) in [5.74, 6) is 1.13. The average molecular weight is 364 g/mol. The van der Waals surface area contributed by atoms with Crippen molar-refractivity contribution in [3.05, 3.63) is 22.4 Å². The molecule has 1 N–H and O–H groups in total. The highest BCUT2D eigenvalue weighted by Gasteiger charge is 2.22. The third kappa shape index (κ3) is 5.54. The SMILES string of the molecule is O=C(NCCN1CCN(C(=O)CCC2CCCC2)CC1)c1cccs1. The number of nitrogens with one attached hydrogen (secondary N) is 1. The van der Waals surface area contributed by atoms with E-state index in [1.807, 2.05) is 22.4 Å². The van der Waals surface area contributed by atoms with Crippen LogP contribution in [0.5, 0.6) is 0 Å². The topological polar surface area (TPSA) is 52.7 Å². The molecule has 0 radical (unpaired) electrons. The summed E-state index contributed by atoms with van der Waals surface area (Å²) in [6.07, 6.45) is 7.13. The minimum absolute atomic E-state index is 0.00993. The van der Waals surface area contributed by atoms with Gasteiger partial charge in [-0.25, -0.2) is 0 Å². The zero-order valence-electron chi connectivity index (χ0n) is 14.9. The highest BCUT2D eigenvalue weighted by molar-refractivity contribution is 7.12. The van der Waals surface area contributed by atoms with Crippen molar-refractivity contribution in [2.24, 2.45) is 5.92 Å². The smallest absolute Gasteiger partial charge is 0.261 e. The number of rotatable bonds is 7. The first-order chi connectivity index (χ1) is 12.2. The summed E-state index contributed by atoms with van der Waals surface area (Å²) in [6.45, 7) is 4.96. The molecule has 0 spiro atoms. The van der Waals surface area contributed by atoms with Crippen LogP contribution in [0.4, 0.5) is 0 Å². The van der Waals surface area contributed by atoms with Crippen molar-refractivity contribution >= 4 is 23.2 Å². The number of thiophene rings is 1. The predicted octanol–water partition coefficient (Wildman–Crippen LogP) is 2.59. The molecule has 0 atom stereocenters. The first-order valence-electron chi connectivity index (χ1n) is 9.54. The maximum Gasteiger partial charge on any atom is 0.261 e. The van der Waals surface area contributed by atoms with Crippen LogP contribution in [0.3, 0.4) is 0 Å². The Kier molecular flexibility index (Phi) is 6.87. The molecule has 1 aromatic heterocycles. The average Bonchev–Trinajstić information content (AvgIpc) is 3.34. The third-order valence-corrected chi connectivity index (χ3v) is 6.29. The molecule has 25 heavy (non-hydrogen) atoms. The molecule has 2 fully saturated rings. The Labute approximate surface area is 154 Å². The minimum Gasteiger partial charge on any atom is -0.350 e. The van der Waals surface area contributed by atoms with E-state index in [2.05, 4.69) is 10.2 Å². The summed E-state index contributed by atoms with van der Waals surface area (Å²) in [7, 11) is 0. The Bertz CT molecular complexity index is 547. The first kappa shape index (κ1) is 18.4. The van der Waals surface area contributed by atoms with E-state index in [1.165, 1.54) is 37.0 Å². The van der Waals surface area contributed by atoms with Crippen molar-refractivity contribution < 1.29 is 9.59 Å². The molecule has 1 aliphatic carbocycles. The normalized spacial score (nSPS) is 19.3. The lowest BCUT2D eigenvalue weighted by Crippen LogP contribution is -2.50. The lowest BCUT2D eigenvalue weighted by molar-refractivity contribution is -0.133. The number of carbonyl (C=O) groups is 2. The van der Waals surface area contributed by atoms with Crippen LogP contribution < -0.4 is 5.32 Å². The van der Waals surface area contributed by atoms with E-state index < -0.39 is 0 Å². The van der Waals surface area contributed by atoms with Gasteiger partial charge in [0.2, 0.25) is 5.91 Å². The maximum absolute atomic E-state index is 12.3. The van der Waals surface area contributed by atoms with Gasteiger partial charge in [-0.15, -0.1) is 11.3 Å². The fourth-order valence-corrected chi connectivity index (χ4v) is 4.47. The summed E-state index contributed by atoms with van der Waals surface area (Å²) < 4.78 is 0. The van der Waals surface area contributed by atoms with Gasteiger partial charge in [-0.2, -0.15) is 0 Å². The second-order valence-electron chi connectivity index (χ2n) is 7.14. The molecule has 6 heteroatoms. The van der Waals surface area contributed by atoms with Gasteiger partial charge < -0.3 is 10.2 Å². The Morgan fingerprint density at radius 1 is 1.16 bits per heavy atom. The maximum atomic E-state index is 12.3. The molecule has 138 valence electrons. The number of piperazine rings is 1. The number of carbonyl (C=O) groups excluding carboxylic acids is 2. The molecule has 0 aromatic carbocycles. The van der Waals surface area contributed by atoms with Crippen molar-refractivity contribution in [2.75, 3.05) is 39.3 Å². The van der Waals surface area contributed by atoms with Crippen LogP contribution in [-0.4, -0.2) is 60.9 Å². The van der Waals surface area contributed by atoms with Gasteiger partial charge in [-0.3, -0.25) is 14.5 Å². The number of amides is 2. The van der Waals surface area contributed by atoms with Gasteiger partial charge in [-0.05, 0) is 23.8 Å². The molecule has 1 aromatic rings. The zero-order valence-corrected chi connectivity index (χ0v) is 15.7. The number of hydrogen-bond acceptors (Lipinski definition) is 4. The van der Waals surface area contributed by atoms with Crippen LogP contribution in [0.15, 0.2) is 17.5 Å². The molecule has 3 rings (SSSR count). The Hall–Kier alpha value is -1.40. The predicted molar refractivity (Wildman–Crippen MR) is 101 cm³/mol. The van der Waals surface area contributed by atoms with E-state index in [-0.39, 0.29) is 5.91 Å². The molecule has 1 saturated carbocycles. The number of hydrogen-bond donors (Lipinski definition) is 1. The number of nitrogens with zero attached hydrogens (tertiary/aromatic N) is 2. The van der Waals surface area contributed by atoms with Gasteiger partial charge in [-0.1, -0.05) is 31.7 Å². The molecule has 2 amide bonds.